The standard InChI is InChI=1S/C10H12F2N2O2S/c11-9-6-5-8(10(12)13-9)14-17(15,16)7-3-1-2-4-7/h5-7,14H,1-4H2. The maximum Gasteiger partial charge on any atom is 0.239 e. The van der Waals surface area contributed by atoms with E-state index in [0.717, 1.165) is 25.0 Å². The second-order valence-electron chi connectivity index (χ2n) is 4.03. The molecule has 0 unspecified atom stereocenters. The molecule has 0 amide bonds. The quantitative estimate of drug-likeness (QED) is 0.848. The molecular formula is C10H12F2N2O2S. The molecule has 1 aliphatic carbocycles. The van der Waals surface area contributed by atoms with Crippen LogP contribution in [0.5, 0.6) is 0 Å². The Kier molecular flexibility index (Phi) is 3.28. The van der Waals surface area contributed by atoms with Gasteiger partial charge in [-0.25, -0.2) is 8.42 Å². The van der Waals surface area contributed by atoms with Gasteiger partial charge < -0.3 is 0 Å². The van der Waals surface area contributed by atoms with Crippen molar-refractivity contribution in [3.05, 3.63) is 24.0 Å². The molecule has 94 valence electrons. The number of nitrogens with one attached hydrogen (secondary N) is 1. The van der Waals surface area contributed by atoms with E-state index in [-0.39, 0.29) is 5.69 Å². The lowest BCUT2D eigenvalue weighted by Gasteiger charge is -2.13. The Labute approximate surface area is 98.1 Å². The van der Waals surface area contributed by atoms with E-state index >= 15 is 0 Å². The first-order chi connectivity index (χ1) is 7.99. The normalized spacial score (nSPS) is 17.3. The number of nitrogens with zero attached hydrogens (tertiary/aromatic N) is 1. The molecule has 2 rings (SSSR count). The third kappa shape index (κ3) is 2.71. The van der Waals surface area contributed by atoms with E-state index in [1.807, 2.05) is 0 Å². The Morgan fingerprint density at radius 2 is 1.88 bits per heavy atom. The lowest BCUT2D eigenvalue weighted by atomic mass is 10.4. The molecule has 1 fully saturated rings. The lowest BCUT2D eigenvalue weighted by molar-refractivity contribution is 0.515. The Balaban J connectivity index is 2.19. The summed E-state index contributed by atoms with van der Waals surface area (Å²) in [5.74, 6) is -2.13. The largest absolute Gasteiger partial charge is 0.279 e. The van der Waals surface area contributed by atoms with Crippen LogP contribution in [0.2, 0.25) is 0 Å². The number of aromatic nitrogens is 1. The Morgan fingerprint density at radius 3 is 2.47 bits per heavy atom. The van der Waals surface area contributed by atoms with Gasteiger partial charge in [0.05, 0.1) is 5.25 Å². The summed E-state index contributed by atoms with van der Waals surface area (Å²) >= 11 is 0. The molecule has 0 atom stereocenters. The van der Waals surface area contributed by atoms with E-state index in [4.69, 9.17) is 0 Å². The van der Waals surface area contributed by atoms with E-state index in [0.29, 0.717) is 12.8 Å². The Hall–Kier alpha value is -1.24. The molecule has 1 heterocycles. The number of anilines is 1. The van der Waals surface area contributed by atoms with Gasteiger partial charge in [0.2, 0.25) is 21.9 Å². The van der Waals surface area contributed by atoms with E-state index in [1.54, 1.807) is 0 Å². The van der Waals surface area contributed by atoms with Crippen molar-refractivity contribution in [1.82, 2.24) is 4.98 Å². The molecule has 0 radical (unpaired) electrons. The summed E-state index contributed by atoms with van der Waals surface area (Å²) in [5, 5.41) is -0.494. The van der Waals surface area contributed by atoms with Gasteiger partial charge >= 0.3 is 0 Å². The number of pyridine rings is 1. The maximum absolute atomic E-state index is 13.2. The zero-order valence-electron chi connectivity index (χ0n) is 8.99. The van der Waals surface area contributed by atoms with Crippen LogP contribution >= 0.6 is 0 Å². The summed E-state index contributed by atoms with van der Waals surface area (Å²) in [6.45, 7) is 0. The van der Waals surface area contributed by atoms with Gasteiger partial charge in [-0.2, -0.15) is 13.8 Å². The van der Waals surface area contributed by atoms with Crippen molar-refractivity contribution >= 4 is 15.7 Å². The van der Waals surface area contributed by atoms with Crippen LogP contribution in [0, 0.1) is 11.9 Å². The number of hydrogen-bond donors (Lipinski definition) is 1. The zero-order valence-corrected chi connectivity index (χ0v) is 9.80. The molecule has 1 aromatic heterocycles. The van der Waals surface area contributed by atoms with Crippen LogP contribution in [-0.2, 0) is 10.0 Å². The van der Waals surface area contributed by atoms with E-state index in [2.05, 4.69) is 9.71 Å². The Bertz CT molecular complexity index is 513. The van der Waals surface area contributed by atoms with Crippen molar-refractivity contribution in [1.29, 1.82) is 0 Å². The van der Waals surface area contributed by atoms with Gasteiger partial charge in [0.25, 0.3) is 0 Å². The fourth-order valence-electron chi connectivity index (χ4n) is 1.92. The molecule has 4 nitrogen and oxygen atoms in total. The molecular weight excluding hydrogens is 250 g/mol. The predicted octanol–water partition coefficient (Wildman–Crippen LogP) is 2.04. The molecule has 7 heteroatoms. The summed E-state index contributed by atoms with van der Waals surface area (Å²) in [6, 6.07) is 1.94. The maximum atomic E-state index is 13.2. The highest BCUT2D eigenvalue weighted by atomic mass is 32.2. The summed E-state index contributed by atoms with van der Waals surface area (Å²) in [7, 11) is -3.60. The van der Waals surface area contributed by atoms with Gasteiger partial charge in [-0.15, -0.1) is 0 Å². The predicted molar refractivity (Wildman–Crippen MR) is 59.0 cm³/mol. The third-order valence-electron chi connectivity index (χ3n) is 2.81. The zero-order chi connectivity index (χ0) is 12.5. The van der Waals surface area contributed by atoms with Crippen LogP contribution in [0.25, 0.3) is 0 Å². The van der Waals surface area contributed by atoms with Crippen LogP contribution in [-0.4, -0.2) is 18.7 Å². The number of sulfonamides is 1. The van der Waals surface area contributed by atoms with Crippen molar-refractivity contribution in [2.75, 3.05) is 4.72 Å². The van der Waals surface area contributed by atoms with Crippen molar-refractivity contribution in [3.8, 4) is 0 Å². The average Bonchev–Trinajstić information content (AvgIpc) is 2.76. The first-order valence-electron chi connectivity index (χ1n) is 5.33. The monoisotopic (exact) mass is 262 g/mol. The fraction of sp³-hybridized carbons (Fsp3) is 0.500. The van der Waals surface area contributed by atoms with Crippen LogP contribution in [0.15, 0.2) is 12.1 Å². The first kappa shape index (κ1) is 12.2. The molecule has 0 aliphatic heterocycles. The lowest BCUT2D eigenvalue weighted by Crippen LogP contribution is -2.25. The highest BCUT2D eigenvalue weighted by Gasteiger charge is 2.29. The van der Waals surface area contributed by atoms with Crippen LogP contribution in [0.3, 0.4) is 0 Å². The minimum atomic E-state index is -3.60. The highest BCUT2D eigenvalue weighted by molar-refractivity contribution is 7.93. The van der Waals surface area contributed by atoms with E-state index in [9.17, 15) is 17.2 Å². The molecule has 1 saturated carbocycles. The number of rotatable bonds is 3. The van der Waals surface area contributed by atoms with Crippen molar-refractivity contribution in [2.24, 2.45) is 0 Å². The smallest absolute Gasteiger partial charge is 0.239 e. The average molecular weight is 262 g/mol. The van der Waals surface area contributed by atoms with Crippen molar-refractivity contribution in [2.45, 2.75) is 30.9 Å². The second-order valence-corrected chi connectivity index (χ2v) is 5.99. The van der Waals surface area contributed by atoms with Crippen LogP contribution in [0.4, 0.5) is 14.5 Å². The number of halogens is 2. The van der Waals surface area contributed by atoms with E-state index in [1.165, 1.54) is 0 Å². The van der Waals surface area contributed by atoms with Gasteiger partial charge in [0, 0.05) is 0 Å². The van der Waals surface area contributed by atoms with E-state index < -0.39 is 27.2 Å². The van der Waals surface area contributed by atoms with Crippen LogP contribution in [0.1, 0.15) is 25.7 Å². The summed E-state index contributed by atoms with van der Waals surface area (Å²) in [4.78, 5) is 2.92. The van der Waals surface area contributed by atoms with Crippen LogP contribution < -0.4 is 4.72 Å². The first-order valence-corrected chi connectivity index (χ1v) is 6.87. The SMILES string of the molecule is O=S(=O)(Nc1ccc(F)nc1F)C1CCCC1. The second kappa shape index (κ2) is 4.56. The summed E-state index contributed by atoms with van der Waals surface area (Å²) < 4.78 is 51.5. The molecule has 0 bridgehead atoms. The number of hydrogen-bond acceptors (Lipinski definition) is 3. The molecule has 1 aliphatic rings. The molecule has 1 N–H and O–H groups in total. The molecule has 0 saturated heterocycles. The third-order valence-corrected chi connectivity index (χ3v) is 4.66. The van der Waals surface area contributed by atoms with Gasteiger partial charge in [0.15, 0.2) is 0 Å². The minimum Gasteiger partial charge on any atom is -0.279 e. The van der Waals surface area contributed by atoms with Crippen molar-refractivity contribution in [3.63, 3.8) is 0 Å². The Morgan fingerprint density at radius 1 is 1.24 bits per heavy atom. The topological polar surface area (TPSA) is 59.1 Å². The van der Waals surface area contributed by atoms with Gasteiger partial charge in [-0.05, 0) is 25.0 Å². The minimum absolute atomic E-state index is 0.307. The summed E-state index contributed by atoms with van der Waals surface area (Å²) in [6.07, 6.45) is 2.86. The molecule has 1 aromatic rings. The molecule has 0 spiro atoms. The summed E-state index contributed by atoms with van der Waals surface area (Å²) in [5.41, 5.74) is -0.307. The van der Waals surface area contributed by atoms with Gasteiger partial charge in [-0.3, -0.25) is 4.72 Å². The fourth-order valence-corrected chi connectivity index (χ4v) is 3.50. The van der Waals surface area contributed by atoms with Crippen molar-refractivity contribution < 1.29 is 17.2 Å². The van der Waals surface area contributed by atoms with Gasteiger partial charge in [0.1, 0.15) is 5.69 Å². The molecule has 17 heavy (non-hydrogen) atoms. The highest BCUT2D eigenvalue weighted by Crippen LogP contribution is 2.26. The van der Waals surface area contributed by atoms with Gasteiger partial charge in [-0.1, -0.05) is 12.8 Å². The molecule has 0 aromatic carbocycles.